The fourth-order valence-corrected chi connectivity index (χ4v) is 1.03. The van der Waals surface area contributed by atoms with Crippen LogP contribution in [0.5, 0.6) is 0 Å². The van der Waals surface area contributed by atoms with Gasteiger partial charge in [-0.3, -0.25) is 0 Å². The maximum absolute atomic E-state index is 2.26. The van der Waals surface area contributed by atoms with Crippen LogP contribution in [0.4, 0.5) is 0 Å². The minimum Gasteiger partial charge on any atom is -0.0654 e. The average molecular weight is 167 g/mol. The molecule has 0 aliphatic heterocycles. The predicted molar refractivity (Wildman–Crippen MR) is 49.4 cm³/mol. The van der Waals surface area contributed by atoms with Gasteiger partial charge in [0.1, 0.15) is 0 Å². The van der Waals surface area contributed by atoms with Gasteiger partial charge in [0.05, 0.1) is 0 Å². The Bertz CT molecular complexity index is 38.0. The van der Waals surface area contributed by atoms with Gasteiger partial charge in [0.25, 0.3) is 0 Å². The Kier molecular flexibility index (Phi) is 18.8. The summed E-state index contributed by atoms with van der Waals surface area (Å²) < 4.78 is 0. The van der Waals surface area contributed by atoms with E-state index in [1.807, 2.05) is 0 Å². The van der Waals surface area contributed by atoms with E-state index in [1.165, 1.54) is 44.9 Å². The molecular weight excluding hydrogens is 147 g/mol. The van der Waals surface area contributed by atoms with E-state index in [0.717, 1.165) is 0 Å². The van der Waals surface area contributed by atoms with Crippen molar-refractivity contribution < 1.29 is 0 Å². The van der Waals surface area contributed by atoms with Crippen molar-refractivity contribution in [3.05, 3.63) is 0 Å². The second-order valence-electron chi connectivity index (χ2n) is 2.77. The first-order valence-corrected chi connectivity index (χ1v) is 4.41. The van der Waals surface area contributed by atoms with Crippen LogP contribution < -0.4 is 0 Å². The van der Waals surface area contributed by atoms with Gasteiger partial charge in [0.2, 0.25) is 0 Å². The quantitative estimate of drug-likeness (QED) is 0.420. The zero-order chi connectivity index (χ0) is 6.95. The third-order valence-electron chi connectivity index (χ3n) is 1.71. The minimum absolute atomic E-state index is 0. The van der Waals surface area contributed by atoms with E-state index in [2.05, 4.69) is 13.8 Å². The monoisotopic (exact) mass is 167 g/mol. The summed E-state index contributed by atoms with van der Waals surface area (Å²) in [5.74, 6) is 0. The molecular formula is C9H20K. The standard InChI is InChI=1S/C9H20.K/c1-3-5-7-9-8-6-4-2;/h3-9H2,1-2H3;. The number of hydrogen-bond acceptors (Lipinski definition) is 0. The molecule has 0 spiro atoms. The first-order chi connectivity index (χ1) is 4.41. The van der Waals surface area contributed by atoms with E-state index in [4.69, 9.17) is 0 Å². The van der Waals surface area contributed by atoms with Crippen LogP contribution in [0.25, 0.3) is 0 Å². The molecule has 0 unspecified atom stereocenters. The fraction of sp³-hybridized carbons (Fsp3) is 1.00. The summed E-state index contributed by atoms with van der Waals surface area (Å²) in [7, 11) is 0. The van der Waals surface area contributed by atoms with Crippen molar-refractivity contribution >= 4 is 51.4 Å². The third kappa shape index (κ3) is 12.3. The molecule has 0 saturated carbocycles. The van der Waals surface area contributed by atoms with Gasteiger partial charge >= 0.3 is 0 Å². The molecule has 0 saturated heterocycles. The third-order valence-corrected chi connectivity index (χ3v) is 1.71. The summed E-state index contributed by atoms with van der Waals surface area (Å²) in [5, 5.41) is 0. The van der Waals surface area contributed by atoms with Crippen LogP contribution >= 0.6 is 0 Å². The Balaban J connectivity index is 0. The first-order valence-electron chi connectivity index (χ1n) is 4.41. The zero-order valence-electron chi connectivity index (χ0n) is 7.95. The van der Waals surface area contributed by atoms with Crippen LogP contribution in [0, 0.1) is 0 Å². The van der Waals surface area contributed by atoms with Crippen LogP contribution in [-0.2, 0) is 0 Å². The van der Waals surface area contributed by atoms with Gasteiger partial charge in [-0.25, -0.2) is 0 Å². The summed E-state index contributed by atoms with van der Waals surface area (Å²) in [4.78, 5) is 0. The maximum Gasteiger partial charge on any atom is 0 e. The van der Waals surface area contributed by atoms with Crippen molar-refractivity contribution in [3.63, 3.8) is 0 Å². The molecule has 0 rings (SSSR count). The summed E-state index contributed by atoms with van der Waals surface area (Å²) in [6, 6.07) is 0. The van der Waals surface area contributed by atoms with E-state index in [1.54, 1.807) is 0 Å². The molecule has 0 aromatic rings. The van der Waals surface area contributed by atoms with Crippen LogP contribution in [0.15, 0.2) is 0 Å². The molecule has 0 atom stereocenters. The molecule has 0 heterocycles. The van der Waals surface area contributed by atoms with Gasteiger partial charge < -0.3 is 0 Å². The van der Waals surface area contributed by atoms with Gasteiger partial charge in [-0.1, -0.05) is 58.8 Å². The molecule has 0 nitrogen and oxygen atoms in total. The summed E-state index contributed by atoms with van der Waals surface area (Å²) in [5.41, 5.74) is 0. The molecule has 0 aromatic heterocycles. The van der Waals surface area contributed by atoms with Gasteiger partial charge in [-0.15, -0.1) is 0 Å². The molecule has 0 bridgehead atoms. The van der Waals surface area contributed by atoms with Gasteiger partial charge in [-0.05, 0) is 0 Å². The van der Waals surface area contributed by atoms with Crippen molar-refractivity contribution in [2.75, 3.05) is 0 Å². The SMILES string of the molecule is CCCCCCCCC.[K]. The smallest absolute Gasteiger partial charge is 0 e. The van der Waals surface area contributed by atoms with Gasteiger partial charge in [-0.2, -0.15) is 0 Å². The van der Waals surface area contributed by atoms with Crippen LogP contribution in [-0.4, -0.2) is 51.4 Å². The van der Waals surface area contributed by atoms with Crippen molar-refractivity contribution in [1.82, 2.24) is 0 Å². The second-order valence-corrected chi connectivity index (χ2v) is 2.77. The molecule has 57 valence electrons. The molecule has 10 heavy (non-hydrogen) atoms. The number of hydrogen-bond donors (Lipinski definition) is 0. The van der Waals surface area contributed by atoms with Crippen molar-refractivity contribution in [2.24, 2.45) is 0 Å². The maximum atomic E-state index is 2.26. The Labute approximate surface area is 109 Å². The van der Waals surface area contributed by atoms with Gasteiger partial charge in [0, 0.05) is 51.4 Å². The Hall–Kier alpha value is 1.64. The van der Waals surface area contributed by atoms with Crippen LogP contribution in [0.1, 0.15) is 58.8 Å². The van der Waals surface area contributed by atoms with Crippen molar-refractivity contribution in [3.8, 4) is 0 Å². The Morgan fingerprint density at radius 3 is 1.20 bits per heavy atom. The fourth-order valence-electron chi connectivity index (χ4n) is 1.03. The molecule has 0 aliphatic carbocycles. The molecule has 0 amide bonds. The van der Waals surface area contributed by atoms with Crippen molar-refractivity contribution in [1.29, 1.82) is 0 Å². The molecule has 0 aliphatic rings. The van der Waals surface area contributed by atoms with E-state index in [9.17, 15) is 0 Å². The second kappa shape index (κ2) is 13.2. The first kappa shape index (κ1) is 14.2. The number of unbranched alkanes of at least 4 members (excludes halogenated alkanes) is 6. The zero-order valence-corrected chi connectivity index (χ0v) is 11.1. The Morgan fingerprint density at radius 2 is 0.900 bits per heavy atom. The Morgan fingerprint density at radius 1 is 0.600 bits per heavy atom. The summed E-state index contributed by atoms with van der Waals surface area (Å²) in [6.45, 7) is 4.53. The normalized spacial score (nSPS) is 9.00. The van der Waals surface area contributed by atoms with E-state index in [-0.39, 0.29) is 51.4 Å². The average Bonchev–Trinajstić information content (AvgIpc) is 1.89. The molecule has 1 heteroatoms. The van der Waals surface area contributed by atoms with Crippen LogP contribution in [0.3, 0.4) is 0 Å². The van der Waals surface area contributed by atoms with E-state index < -0.39 is 0 Å². The topological polar surface area (TPSA) is 0 Å². The van der Waals surface area contributed by atoms with Crippen molar-refractivity contribution in [2.45, 2.75) is 58.8 Å². The van der Waals surface area contributed by atoms with Crippen LogP contribution in [0.2, 0.25) is 0 Å². The van der Waals surface area contributed by atoms with Gasteiger partial charge in [0.15, 0.2) is 0 Å². The summed E-state index contributed by atoms with van der Waals surface area (Å²) in [6.07, 6.45) is 9.97. The molecule has 0 fully saturated rings. The number of rotatable bonds is 6. The minimum atomic E-state index is 0. The largest absolute Gasteiger partial charge is 0.0654 e. The molecule has 0 N–H and O–H groups in total. The summed E-state index contributed by atoms with van der Waals surface area (Å²) >= 11 is 0. The van der Waals surface area contributed by atoms with E-state index in [0.29, 0.717) is 0 Å². The predicted octanol–water partition coefficient (Wildman–Crippen LogP) is 3.38. The van der Waals surface area contributed by atoms with E-state index >= 15 is 0 Å². The molecule has 1 radical (unpaired) electrons. The molecule has 0 aromatic carbocycles.